The van der Waals surface area contributed by atoms with E-state index in [0.717, 1.165) is 25.5 Å². The lowest BCUT2D eigenvalue weighted by Crippen LogP contribution is -2.59. The van der Waals surface area contributed by atoms with E-state index in [0.29, 0.717) is 18.8 Å². The number of ether oxygens (including phenoxy) is 2. The number of nitrogens with one attached hydrogen (secondary N) is 2. The molecule has 2 N–H and O–H groups in total. The fourth-order valence-electron chi connectivity index (χ4n) is 3.88. The normalized spacial score (nSPS) is 20.2. The summed E-state index contributed by atoms with van der Waals surface area (Å²) in [5.74, 6) is -0.00922. The molecule has 2 aliphatic rings. The summed E-state index contributed by atoms with van der Waals surface area (Å²) in [5.41, 5.74) is 0.389. The van der Waals surface area contributed by atoms with Crippen molar-refractivity contribution in [2.24, 2.45) is 0 Å². The summed E-state index contributed by atoms with van der Waals surface area (Å²) in [6, 6.07) is 6.17. The number of sulfonamides is 1. The van der Waals surface area contributed by atoms with Crippen LogP contribution in [0.2, 0.25) is 0 Å². The van der Waals surface area contributed by atoms with Crippen LogP contribution in [0.15, 0.2) is 35.4 Å². The van der Waals surface area contributed by atoms with Crippen molar-refractivity contribution in [3.05, 3.63) is 36.3 Å². The molecule has 1 aromatic heterocycles. The van der Waals surface area contributed by atoms with E-state index in [4.69, 9.17) is 9.47 Å². The second-order valence-electron chi connectivity index (χ2n) is 8.23. The van der Waals surface area contributed by atoms with Crippen molar-refractivity contribution in [1.29, 1.82) is 0 Å². The van der Waals surface area contributed by atoms with Gasteiger partial charge >= 0.3 is 0 Å². The van der Waals surface area contributed by atoms with Gasteiger partial charge in [-0.15, -0.1) is 0 Å². The van der Waals surface area contributed by atoms with E-state index < -0.39 is 15.8 Å². The number of benzene rings is 1. The molecule has 1 saturated carbocycles. The van der Waals surface area contributed by atoms with Crippen LogP contribution >= 0.6 is 0 Å². The van der Waals surface area contributed by atoms with Gasteiger partial charge in [-0.05, 0) is 50.5 Å². The van der Waals surface area contributed by atoms with Crippen molar-refractivity contribution in [3.63, 3.8) is 0 Å². The summed E-state index contributed by atoms with van der Waals surface area (Å²) in [7, 11) is -2.12. The van der Waals surface area contributed by atoms with Crippen molar-refractivity contribution in [2.75, 3.05) is 43.6 Å². The van der Waals surface area contributed by atoms with Crippen LogP contribution in [0, 0.1) is 5.82 Å². The summed E-state index contributed by atoms with van der Waals surface area (Å²) < 4.78 is 52.5. The molecule has 1 atom stereocenters. The molecular weight excluding hydrogens is 437 g/mol. The molecule has 0 amide bonds. The van der Waals surface area contributed by atoms with Crippen LogP contribution in [0.1, 0.15) is 26.2 Å². The zero-order valence-electron chi connectivity index (χ0n) is 18.2. The largest absolute Gasteiger partial charge is 0.383 e. The Labute approximate surface area is 187 Å². The minimum Gasteiger partial charge on any atom is -0.383 e. The number of hydrogen-bond acceptors (Lipinski definition) is 8. The predicted octanol–water partition coefficient (Wildman–Crippen LogP) is 2.43. The fraction of sp³-hybridized carbons (Fsp3) is 0.524. The van der Waals surface area contributed by atoms with Crippen LogP contribution in [0.4, 0.5) is 21.8 Å². The Hall–Kier alpha value is -2.34. The Morgan fingerprint density at radius 3 is 2.72 bits per heavy atom. The smallest absolute Gasteiger partial charge is 0.240 e. The van der Waals surface area contributed by atoms with Crippen LogP contribution in [0.3, 0.4) is 0 Å². The zero-order valence-corrected chi connectivity index (χ0v) is 19.0. The Morgan fingerprint density at radius 1 is 1.31 bits per heavy atom. The van der Waals surface area contributed by atoms with Crippen molar-refractivity contribution in [1.82, 2.24) is 14.7 Å². The number of aromatic nitrogens is 2. The van der Waals surface area contributed by atoms with Crippen molar-refractivity contribution < 1.29 is 22.3 Å². The van der Waals surface area contributed by atoms with Crippen LogP contribution in [-0.4, -0.2) is 63.4 Å². The molecule has 2 heterocycles. The Morgan fingerprint density at radius 2 is 2.06 bits per heavy atom. The van der Waals surface area contributed by atoms with Gasteiger partial charge in [-0.2, -0.15) is 4.98 Å². The van der Waals surface area contributed by atoms with Gasteiger partial charge in [0.2, 0.25) is 16.0 Å². The van der Waals surface area contributed by atoms with Gasteiger partial charge in [-0.1, -0.05) is 0 Å². The lowest BCUT2D eigenvalue weighted by molar-refractivity contribution is -0.117. The molecule has 0 radical (unpaired) electrons. The highest BCUT2D eigenvalue weighted by Gasteiger charge is 2.45. The maximum Gasteiger partial charge on any atom is 0.240 e. The molecule has 4 rings (SSSR count). The number of methoxy groups -OCH3 is 1. The lowest BCUT2D eigenvalue weighted by atomic mass is 9.78. The molecule has 1 saturated heterocycles. The van der Waals surface area contributed by atoms with E-state index in [1.165, 1.54) is 19.2 Å². The standard InChI is InChI=1S/C21H28FN5O4S/c1-15-13-31-21(8-3-9-21)14-27(15)19-18(22)12-23-20(26-19)25-16-4-6-17(7-5-16)32(28,29)24-10-11-30-2/h4-7,12,15,24H,3,8-11,13-14H2,1-2H3,(H,23,25,26)/t15-/m0/s1. The Bertz CT molecular complexity index is 1050. The topological polar surface area (TPSA) is 106 Å². The number of rotatable bonds is 8. The molecule has 2 aromatic rings. The second kappa shape index (κ2) is 9.26. The van der Waals surface area contributed by atoms with Gasteiger partial charge in [-0.3, -0.25) is 0 Å². The second-order valence-corrected chi connectivity index (χ2v) is 10.00. The molecule has 1 aliphatic heterocycles. The maximum absolute atomic E-state index is 14.6. The minimum atomic E-state index is -3.62. The fourth-order valence-corrected chi connectivity index (χ4v) is 4.90. The van der Waals surface area contributed by atoms with Gasteiger partial charge in [0.15, 0.2) is 11.6 Å². The molecule has 11 heteroatoms. The van der Waals surface area contributed by atoms with E-state index >= 15 is 0 Å². The number of hydrogen-bond donors (Lipinski definition) is 2. The van der Waals surface area contributed by atoms with E-state index in [2.05, 4.69) is 20.0 Å². The molecule has 9 nitrogen and oxygen atoms in total. The number of nitrogens with zero attached hydrogens (tertiary/aromatic N) is 3. The third-order valence-electron chi connectivity index (χ3n) is 5.90. The van der Waals surface area contributed by atoms with Crippen molar-refractivity contribution >= 4 is 27.5 Å². The number of morpholine rings is 1. The molecule has 32 heavy (non-hydrogen) atoms. The molecule has 1 spiro atoms. The Balaban J connectivity index is 1.48. The van der Waals surface area contributed by atoms with E-state index in [9.17, 15) is 12.8 Å². The third kappa shape index (κ3) is 4.85. The summed E-state index contributed by atoms with van der Waals surface area (Å²) >= 11 is 0. The van der Waals surface area contributed by atoms with Crippen molar-refractivity contribution in [2.45, 2.75) is 42.7 Å². The lowest BCUT2D eigenvalue weighted by Gasteiger charge is -2.51. The monoisotopic (exact) mass is 465 g/mol. The average molecular weight is 466 g/mol. The predicted molar refractivity (Wildman–Crippen MR) is 118 cm³/mol. The SMILES string of the molecule is COCCNS(=O)(=O)c1ccc(Nc2ncc(F)c(N3CC4(CCC4)OC[C@@H]3C)n2)cc1. The Kier molecular flexibility index (Phi) is 6.61. The molecule has 2 fully saturated rings. The molecule has 174 valence electrons. The van der Waals surface area contributed by atoms with Gasteiger partial charge in [-0.25, -0.2) is 22.5 Å². The first-order valence-electron chi connectivity index (χ1n) is 10.6. The number of halogens is 1. The van der Waals surface area contributed by atoms with Gasteiger partial charge in [0, 0.05) is 25.9 Å². The van der Waals surface area contributed by atoms with Crippen molar-refractivity contribution in [3.8, 4) is 0 Å². The third-order valence-corrected chi connectivity index (χ3v) is 7.38. The first-order valence-corrected chi connectivity index (χ1v) is 12.1. The van der Waals surface area contributed by atoms with Crippen LogP contribution < -0.4 is 14.9 Å². The molecule has 1 aromatic carbocycles. The highest BCUT2D eigenvalue weighted by Crippen LogP contribution is 2.40. The summed E-state index contributed by atoms with van der Waals surface area (Å²) in [4.78, 5) is 10.5. The van der Waals surface area contributed by atoms with Gasteiger partial charge in [0.05, 0.1) is 35.9 Å². The maximum atomic E-state index is 14.6. The van der Waals surface area contributed by atoms with Gasteiger partial charge in [0.25, 0.3) is 0 Å². The summed E-state index contributed by atoms with van der Waals surface area (Å²) in [6.45, 7) is 3.59. The molecule has 1 aliphatic carbocycles. The van der Waals surface area contributed by atoms with E-state index in [1.807, 2.05) is 11.8 Å². The van der Waals surface area contributed by atoms with E-state index in [-0.39, 0.29) is 41.5 Å². The number of anilines is 3. The van der Waals surface area contributed by atoms with Crippen LogP contribution in [-0.2, 0) is 19.5 Å². The molecule has 0 unspecified atom stereocenters. The quantitative estimate of drug-likeness (QED) is 0.573. The summed E-state index contributed by atoms with van der Waals surface area (Å²) in [6.07, 6.45) is 4.22. The van der Waals surface area contributed by atoms with E-state index in [1.54, 1.807) is 12.1 Å². The first kappa shape index (κ1) is 22.8. The highest BCUT2D eigenvalue weighted by atomic mass is 32.2. The van der Waals surface area contributed by atoms with Gasteiger partial charge < -0.3 is 19.7 Å². The van der Waals surface area contributed by atoms with Gasteiger partial charge in [0.1, 0.15) is 0 Å². The first-order chi connectivity index (χ1) is 15.3. The summed E-state index contributed by atoms with van der Waals surface area (Å²) in [5, 5.41) is 3.02. The van der Waals surface area contributed by atoms with Crippen LogP contribution in [0.5, 0.6) is 0 Å². The molecule has 0 bridgehead atoms. The zero-order chi connectivity index (χ0) is 22.8. The minimum absolute atomic E-state index is 0.00595. The average Bonchev–Trinajstić information content (AvgIpc) is 2.75. The molecular formula is C21H28FN5O4S. The highest BCUT2D eigenvalue weighted by molar-refractivity contribution is 7.89. The van der Waals surface area contributed by atoms with Crippen LogP contribution in [0.25, 0.3) is 0 Å².